The summed E-state index contributed by atoms with van der Waals surface area (Å²) in [7, 11) is 0. The van der Waals surface area contributed by atoms with Crippen LogP contribution in [0.3, 0.4) is 0 Å². The summed E-state index contributed by atoms with van der Waals surface area (Å²) in [5, 5.41) is 4.40. The molecule has 0 saturated carbocycles. The van der Waals surface area contributed by atoms with Crippen molar-refractivity contribution in [2.24, 2.45) is 0 Å². The first-order valence-corrected chi connectivity index (χ1v) is 8.30. The predicted molar refractivity (Wildman–Crippen MR) is 93.9 cm³/mol. The minimum atomic E-state index is 0.526. The zero-order chi connectivity index (χ0) is 14.1. The fourth-order valence-corrected chi connectivity index (χ4v) is 3.37. The highest BCUT2D eigenvalue weighted by Crippen LogP contribution is 2.35. The van der Waals surface area contributed by atoms with Gasteiger partial charge in [0.25, 0.3) is 0 Å². The number of fused-ring (bicyclic) bond motifs is 1. The average Bonchev–Trinajstić information content (AvgIpc) is 2.90. The topological polar surface area (TPSA) is 37.8 Å². The molecular formula is C13H8Cl2IN3S. The van der Waals surface area contributed by atoms with E-state index in [4.69, 9.17) is 23.2 Å². The smallest absolute Gasteiger partial charge is 0.130 e. The van der Waals surface area contributed by atoms with Gasteiger partial charge in [-0.1, -0.05) is 35.3 Å². The Bertz CT molecular complexity index is 758. The van der Waals surface area contributed by atoms with Crippen molar-refractivity contribution < 1.29 is 0 Å². The number of hydrogen-bond acceptors (Lipinski definition) is 4. The fourth-order valence-electron chi connectivity index (χ4n) is 1.84. The maximum atomic E-state index is 6.25. The number of nitrogens with zero attached hydrogens (tertiary/aromatic N) is 2. The van der Waals surface area contributed by atoms with Gasteiger partial charge in [0.15, 0.2) is 0 Å². The van der Waals surface area contributed by atoms with Crippen LogP contribution in [0.2, 0.25) is 10.0 Å². The second kappa shape index (κ2) is 6.01. The van der Waals surface area contributed by atoms with Crippen LogP contribution in [-0.4, -0.2) is 8.75 Å². The maximum absolute atomic E-state index is 6.25. The Kier molecular flexibility index (Phi) is 4.30. The van der Waals surface area contributed by atoms with Gasteiger partial charge in [0.1, 0.15) is 11.0 Å². The Morgan fingerprint density at radius 2 is 1.75 bits per heavy atom. The molecule has 0 atom stereocenters. The Hall–Kier alpha value is -0.630. The molecule has 0 radical (unpaired) electrons. The van der Waals surface area contributed by atoms with Crippen LogP contribution in [0.4, 0.5) is 5.69 Å². The van der Waals surface area contributed by atoms with E-state index in [2.05, 4.69) is 60.9 Å². The number of halogens is 3. The molecule has 0 saturated heterocycles. The lowest BCUT2D eigenvalue weighted by Crippen LogP contribution is -2.01. The van der Waals surface area contributed by atoms with Crippen molar-refractivity contribution in [2.45, 2.75) is 6.54 Å². The first-order chi connectivity index (χ1) is 9.65. The summed E-state index contributed by atoms with van der Waals surface area (Å²) in [6.45, 7) is 0.672. The van der Waals surface area contributed by atoms with Crippen molar-refractivity contribution >= 4 is 74.2 Å². The summed E-state index contributed by atoms with van der Waals surface area (Å²) >= 11 is 15.8. The predicted octanol–water partition coefficient (Wildman–Crippen LogP) is 5.21. The molecule has 0 amide bonds. The van der Waals surface area contributed by atoms with Crippen molar-refractivity contribution in [3.8, 4) is 0 Å². The van der Waals surface area contributed by atoms with Crippen LogP contribution in [0.15, 0.2) is 30.3 Å². The number of anilines is 1. The van der Waals surface area contributed by atoms with Gasteiger partial charge in [0, 0.05) is 10.1 Å². The number of aromatic nitrogens is 2. The minimum absolute atomic E-state index is 0.526. The van der Waals surface area contributed by atoms with Gasteiger partial charge in [-0.05, 0) is 46.4 Å². The fraction of sp³-hybridized carbons (Fsp3) is 0.0769. The lowest BCUT2D eigenvalue weighted by atomic mass is 10.2. The summed E-state index contributed by atoms with van der Waals surface area (Å²) in [5.41, 5.74) is 3.36. The third-order valence-electron chi connectivity index (χ3n) is 2.83. The van der Waals surface area contributed by atoms with Crippen molar-refractivity contribution in [1.29, 1.82) is 0 Å². The van der Waals surface area contributed by atoms with Crippen molar-refractivity contribution in [2.75, 3.05) is 5.32 Å². The summed E-state index contributed by atoms with van der Waals surface area (Å²) < 4.78 is 9.66. The van der Waals surface area contributed by atoms with Crippen LogP contribution in [0.25, 0.3) is 11.0 Å². The van der Waals surface area contributed by atoms with Crippen LogP contribution in [0.1, 0.15) is 5.56 Å². The molecule has 1 heterocycles. The van der Waals surface area contributed by atoms with Gasteiger partial charge in [-0.15, -0.1) is 0 Å². The van der Waals surface area contributed by atoms with Crippen LogP contribution >= 0.6 is 57.5 Å². The molecular weight excluding hydrogens is 428 g/mol. The lowest BCUT2D eigenvalue weighted by Gasteiger charge is -2.09. The number of nitrogens with one attached hydrogen (secondary N) is 1. The third kappa shape index (κ3) is 2.86. The highest BCUT2D eigenvalue weighted by Gasteiger charge is 2.13. The zero-order valence-corrected chi connectivity index (χ0v) is 14.5. The number of benzene rings is 2. The molecule has 0 aliphatic heterocycles. The average molecular weight is 436 g/mol. The molecule has 3 rings (SSSR count). The van der Waals surface area contributed by atoms with E-state index < -0.39 is 0 Å². The second-order valence-electron chi connectivity index (χ2n) is 4.16. The van der Waals surface area contributed by atoms with Crippen molar-refractivity contribution in [1.82, 2.24) is 8.75 Å². The molecule has 3 nitrogen and oxygen atoms in total. The van der Waals surface area contributed by atoms with E-state index in [9.17, 15) is 0 Å². The molecule has 0 spiro atoms. The molecule has 7 heteroatoms. The third-order valence-corrected chi connectivity index (χ3v) is 4.66. The zero-order valence-electron chi connectivity index (χ0n) is 10.0. The molecule has 3 aromatic rings. The molecule has 0 bridgehead atoms. The van der Waals surface area contributed by atoms with E-state index in [1.807, 2.05) is 0 Å². The van der Waals surface area contributed by atoms with Crippen molar-refractivity contribution in [3.63, 3.8) is 0 Å². The standard InChI is InChI=1S/C13H8Cl2IN3S/c14-9-5-10(15)12-13(19-20-18-12)11(9)17-6-7-1-3-8(16)4-2-7/h1-5,17H,6H2. The van der Waals surface area contributed by atoms with Crippen LogP contribution in [0.5, 0.6) is 0 Å². The van der Waals surface area contributed by atoms with E-state index in [1.54, 1.807) is 6.07 Å². The summed E-state index contributed by atoms with van der Waals surface area (Å²) in [6.07, 6.45) is 0. The Labute approximate surface area is 143 Å². The summed E-state index contributed by atoms with van der Waals surface area (Å²) in [4.78, 5) is 0. The van der Waals surface area contributed by atoms with Gasteiger partial charge < -0.3 is 5.32 Å². The lowest BCUT2D eigenvalue weighted by molar-refractivity contribution is 1.15. The molecule has 0 aliphatic carbocycles. The van der Waals surface area contributed by atoms with Gasteiger partial charge in [-0.2, -0.15) is 8.75 Å². The van der Waals surface area contributed by atoms with E-state index in [1.165, 1.54) is 9.13 Å². The largest absolute Gasteiger partial charge is 0.378 e. The van der Waals surface area contributed by atoms with Gasteiger partial charge in [-0.25, -0.2) is 0 Å². The maximum Gasteiger partial charge on any atom is 0.130 e. The van der Waals surface area contributed by atoms with E-state index >= 15 is 0 Å². The molecule has 102 valence electrons. The molecule has 2 aromatic carbocycles. The Balaban J connectivity index is 1.91. The SMILES string of the molecule is Clc1cc(Cl)c2nsnc2c1NCc1ccc(I)cc1. The first kappa shape index (κ1) is 14.3. The first-order valence-electron chi connectivity index (χ1n) is 5.74. The van der Waals surface area contributed by atoms with Crippen molar-refractivity contribution in [3.05, 3.63) is 49.5 Å². The normalized spacial score (nSPS) is 10.9. The molecule has 1 aromatic heterocycles. The van der Waals surface area contributed by atoms with Gasteiger partial charge in [-0.3, -0.25) is 0 Å². The minimum Gasteiger partial charge on any atom is -0.378 e. The van der Waals surface area contributed by atoms with E-state index in [0.717, 1.165) is 22.9 Å². The molecule has 0 unspecified atom stereocenters. The second-order valence-corrected chi connectivity index (χ2v) is 6.75. The Morgan fingerprint density at radius 3 is 2.50 bits per heavy atom. The van der Waals surface area contributed by atoms with Gasteiger partial charge in [0.2, 0.25) is 0 Å². The molecule has 0 fully saturated rings. The highest BCUT2D eigenvalue weighted by atomic mass is 127. The van der Waals surface area contributed by atoms with Crippen LogP contribution in [-0.2, 0) is 6.54 Å². The van der Waals surface area contributed by atoms with Gasteiger partial charge >= 0.3 is 0 Å². The Morgan fingerprint density at radius 1 is 1.05 bits per heavy atom. The van der Waals surface area contributed by atoms with E-state index in [0.29, 0.717) is 22.1 Å². The quantitative estimate of drug-likeness (QED) is 0.573. The number of rotatable bonds is 3. The summed E-state index contributed by atoms with van der Waals surface area (Å²) in [6, 6.07) is 10.00. The molecule has 1 N–H and O–H groups in total. The van der Waals surface area contributed by atoms with Crippen LogP contribution in [0, 0.1) is 3.57 Å². The molecule has 0 aliphatic rings. The van der Waals surface area contributed by atoms with Gasteiger partial charge in [0.05, 0.1) is 27.5 Å². The summed E-state index contributed by atoms with van der Waals surface area (Å²) in [5.74, 6) is 0. The monoisotopic (exact) mass is 435 g/mol. The molecule has 20 heavy (non-hydrogen) atoms. The van der Waals surface area contributed by atoms with E-state index in [-0.39, 0.29) is 0 Å². The number of hydrogen-bond donors (Lipinski definition) is 1. The highest BCUT2D eigenvalue weighted by molar-refractivity contribution is 14.1. The van der Waals surface area contributed by atoms with Crippen LogP contribution < -0.4 is 5.32 Å².